The van der Waals surface area contributed by atoms with E-state index in [0.29, 0.717) is 30.6 Å². The van der Waals surface area contributed by atoms with E-state index in [1.807, 2.05) is 7.05 Å². The molecular formula is C18H31N5O2. The number of aromatic nitrogens is 2. The Kier molecular flexibility index (Phi) is 6.29. The predicted octanol–water partition coefficient (Wildman–Crippen LogP) is 2.22. The number of carbonyl (C=O) groups is 1. The molecule has 1 aliphatic heterocycles. The highest BCUT2D eigenvalue weighted by Crippen LogP contribution is 2.27. The minimum Gasteiger partial charge on any atom is -0.340 e. The third-order valence-corrected chi connectivity index (χ3v) is 5.54. The van der Waals surface area contributed by atoms with Gasteiger partial charge >= 0.3 is 6.03 Å². The molecule has 0 radical (unpaired) electrons. The van der Waals surface area contributed by atoms with Crippen LogP contribution in [0.2, 0.25) is 0 Å². The summed E-state index contributed by atoms with van der Waals surface area (Å²) in [6.45, 7) is 5.46. The van der Waals surface area contributed by atoms with Crippen LogP contribution in [0.1, 0.15) is 50.2 Å². The minimum absolute atomic E-state index is 0.0173. The number of nitrogens with zero attached hydrogens (tertiary/aromatic N) is 4. The predicted molar refractivity (Wildman–Crippen MR) is 95.3 cm³/mol. The standard InChI is InChI=1S/C18H31N5O2/c1-14-20-17(21-25-14)9-10-22(2)18(24)19-12-15-8-11-23(13-15)16-6-4-3-5-7-16/h15-16H,3-13H2,1-2H3,(H,19,24)/t15-/m1/s1. The molecule has 2 amide bonds. The van der Waals surface area contributed by atoms with Crippen molar-refractivity contribution in [2.24, 2.45) is 5.92 Å². The maximum Gasteiger partial charge on any atom is 0.317 e. The van der Waals surface area contributed by atoms with Gasteiger partial charge in [-0.2, -0.15) is 4.98 Å². The number of hydrogen-bond acceptors (Lipinski definition) is 5. The Labute approximate surface area is 150 Å². The quantitative estimate of drug-likeness (QED) is 0.852. The number of likely N-dealkylation sites (tertiary alicyclic amines) is 1. The fourth-order valence-corrected chi connectivity index (χ4v) is 3.99. The zero-order chi connectivity index (χ0) is 17.6. The van der Waals surface area contributed by atoms with Crippen LogP contribution in [0, 0.1) is 12.8 Å². The lowest BCUT2D eigenvalue weighted by Gasteiger charge is -2.31. The zero-order valence-corrected chi connectivity index (χ0v) is 15.5. The van der Waals surface area contributed by atoms with Gasteiger partial charge in [-0.25, -0.2) is 4.79 Å². The van der Waals surface area contributed by atoms with E-state index >= 15 is 0 Å². The third kappa shape index (κ3) is 5.17. The van der Waals surface area contributed by atoms with Gasteiger partial charge in [0.2, 0.25) is 5.89 Å². The molecule has 2 heterocycles. The fourth-order valence-electron chi connectivity index (χ4n) is 3.99. The molecule has 1 saturated carbocycles. The Morgan fingerprint density at radius 3 is 2.84 bits per heavy atom. The van der Waals surface area contributed by atoms with Crippen LogP contribution in [0.4, 0.5) is 4.79 Å². The van der Waals surface area contributed by atoms with E-state index in [0.717, 1.165) is 19.1 Å². The number of hydrogen-bond donors (Lipinski definition) is 1. The van der Waals surface area contributed by atoms with Crippen molar-refractivity contribution in [2.45, 2.75) is 57.9 Å². The summed E-state index contributed by atoms with van der Waals surface area (Å²) in [5.41, 5.74) is 0. The van der Waals surface area contributed by atoms with Gasteiger partial charge in [0.1, 0.15) is 0 Å². The fraction of sp³-hybridized carbons (Fsp3) is 0.833. The zero-order valence-electron chi connectivity index (χ0n) is 15.5. The number of rotatable bonds is 6. The summed E-state index contributed by atoms with van der Waals surface area (Å²) in [4.78, 5) is 20.8. The van der Waals surface area contributed by atoms with Crippen LogP contribution < -0.4 is 5.32 Å². The minimum atomic E-state index is -0.0173. The Balaban J connectivity index is 1.34. The van der Waals surface area contributed by atoms with Gasteiger partial charge in [0, 0.05) is 46.1 Å². The highest BCUT2D eigenvalue weighted by atomic mass is 16.5. The van der Waals surface area contributed by atoms with E-state index in [4.69, 9.17) is 4.52 Å². The summed E-state index contributed by atoms with van der Waals surface area (Å²) < 4.78 is 4.95. The van der Waals surface area contributed by atoms with Gasteiger partial charge < -0.3 is 19.6 Å². The molecule has 1 atom stereocenters. The average Bonchev–Trinajstić information content (AvgIpc) is 3.27. The topological polar surface area (TPSA) is 74.5 Å². The molecule has 0 bridgehead atoms. The summed E-state index contributed by atoms with van der Waals surface area (Å²) in [5, 5.41) is 6.94. The van der Waals surface area contributed by atoms with E-state index in [9.17, 15) is 4.79 Å². The number of likely N-dealkylation sites (N-methyl/N-ethyl adjacent to an activating group) is 1. The Hall–Kier alpha value is -1.63. The lowest BCUT2D eigenvalue weighted by molar-refractivity contribution is 0.183. The molecule has 7 nitrogen and oxygen atoms in total. The van der Waals surface area contributed by atoms with Crippen molar-refractivity contribution in [3.05, 3.63) is 11.7 Å². The third-order valence-electron chi connectivity index (χ3n) is 5.54. The van der Waals surface area contributed by atoms with Gasteiger partial charge in [0.25, 0.3) is 0 Å². The lowest BCUT2D eigenvalue weighted by atomic mass is 9.94. The van der Waals surface area contributed by atoms with Crippen molar-refractivity contribution < 1.29 is 9.32 Å². The van der Waals surface area contributed by atoms with Crippen LogP contribution in [-0.4, -0.2) is 65.2 Å². The monoisotopic (exact) mass is 349 g/mol. The van der Waals surface area contributed by atoms with Crippen molar-refractivity contribution in [2.75, 3.05) is 33.2 Å². The molecule has 1 aromatic heterocycles. The van der Waals surface area contributed by atoms with E-state index in [1.54, 1.807) is 11.8 Å². The molecule has 2 fully saturated rings. The molecule has 0 aromatic carbocycles. The first-order chi connectivity index (χ1) is 12.1. The van der Waals surface area contributed by atoms with Crippen molar-refractivity contribution in [3.63, 3.8) is 0 Å². The van der Waals surface area contributed by atoms with Crippen LogP contribution >= 0.6 is 0 Å². The summed E-state index contributed by atoms with van der Waals surface area (Å²) in [7, 11) is 1.81. The van der Waals surface area contributed by atoms with Crippen molar-refractivity contribution in [1.29, 1.82) is 0 Å². The maximum absolute atomic E-state index is 12.2. The smallest absolute Gasteiger partial charge is 0.317 e. The van der Waals surface area contributed by atoms with E-state index in [-0.39, 0.29) is 6.03 Å². The summed E-state index contributed by atoms with van der Waals surface area (Å²) >= 11 is 0. The Bertz CT molecular complexity index is 555. The first-order valence-electron chi connectivity index (χ1n) is 9.64. The molecule has 7 heteroatoms. The second kappa shape index (κ2) is 8.65. The van der Waals surface area contributed by atoms with Crippen LogP contribution in [-0.2, 0) is 6.42 Å². The summed E-state index contributed by atoms with van der Waals surface area (Å²) in [6, 6.07) is 0.770. The number of nitrogens with one attached hydrogen (secondary N) is 1. The second-order valence-electron chi connectivity index (χ2n) is 7.53. The van der Waals surface area contributed by atoms with Crippen molar-refractivity contribution in [1.82, 2.24) is 25.3 Å². The second-order valence-corrected chi connectivity index (χ2v) is 7.53. The first-order valence-corrected chi connectivity index (χ1v) is 9.64. The molecule has 3 rings (SSSR count). The molecule has 140 valence electrons. The van der Waals surface area contributed by atoms with Gasteiger partial charge in [-0.1, -0.05) is 24.4 Å². The van der Waals surface area contributed by atoms with Crippen molar-refractivity contribution in [3.8, 4) is 0 Å². The molecule has 1 aromatic rings. The molecule has 1 aliphatic carbocycles. The van der Waals surface area contributed by atoms with Gasteiger partial charge in [0.05, 0.1) is 0 Å². The Morgan fingerprint density at radius 1 is 1.32 bits per heavy atom. The molecule has 1 saturated heterocycles. The number of carbonyl (C=O) groups excluding carboxylic acids is 1. The van der Waals surface area contributed by atoms with Crippen LogP contribution in [0.25, 0.3) is 0 Å². The number of aryl methyl sites for hydroxylation is 1. The normalized spacial score (nSPS) is 22.2. The van der Waals surface area contributed by atoms with Crippen LogP contribution in [0.3, 0.4) is 0 Å². The molecule has 0 unspecified atom stereocenters. The molecular weight excluding hydrogens is 318 g/mol. The van der Waals surface area contributed by atoms with E-state index in [1.165, 1.54) is 45.1 Å². The molecule has 1 N–H and O–H groups in total. The van der Waals surface area contributed by atoms with Gasteiger partial charge in [-0.3, -0.25) is 0 Å². The average molecular weight is 349 g/mol. The van der Waals surface area contributed by atoms with Crippen LogP contribution in [0.5, 0.6) is 0 Å². The van der Waals surface area contributed by atoms with Crippen LogP contribution in [0.15, 0.2) is 4.52 Å². The highest BCUT2D eigenvalue weighted by Gasteiger charge is 2.29. The summed E-state index contributed by atoms with van der Waals surface area (Å²) in [6.07, 6.45) is 8.69. The molecule has 0 spiro atoms. The number of urea groups is 1. The van der Waals surface area contributed by atoms with E-state index in [2.05, 4.69) is 20.4 Å². The molecule has 25 heavy (non-hydrogen) atoms. The maximum atomic E-state index is 12.2. The molecule has 2 aliphatic rings. The highest BCUT2D eigenvalue weighted by molar-refractivity contribution is 5.73. The van der Waals surface area contributed by atoms with Gasteiger partial charge in [-0.05, 0) is 31.7 Å². The summed E-state index contributed by atoms with van der Waals surface area (Å²) in [5.74, 6) is 1.79. The van der Waals surface area contributed by atoms with E-state index < -0.39 is 0 Å². The number of amides is 2. The van der Waals surface area contributed by atoms with Crippen molar-refractivity contribution >= 4 is 6.03 Å². The SMILES string of the molecule is Cc1nc(CCN(C)C(=O)NC[C@H]2CCN(C3CCCCC3)C2)no1. The van der Waals surface area contributed by atoms with Gasteiger partial charge in [-0.15, -0.1) is 0 Å². The van der Waals surface area contributed by atoms with Gasteiger partial charge in [0.15, 0.2) is 5.82 Å². The largest absolute Gasteiger partial charge is 0.340 e. The Morgan fingerprint density at radius 2 is 2.12 bits per heavy atom. The lowest BCUT2D eigenvalue weighted by Crippen LogP contribution is -2.41. The first kappa shape index (κ1) is 18.2.